The number of halogens is 1. The maximum absolute atomic E-state index is 13.2. The van der Waals surface area contributed by atoms with Crippen molar-refractivity contribution in [2.45, 2.75) is 0 Å². The highest BCUT2D eigenvalue weighted by atomic mass is 19.1. The highest BCUT2D eigenvalue weighted by Gasteiger charge is 2.20. The molecule has 0 aliphatic carbocycles. The van der Waals surface area contributed by atoms with E-state index in [1.165, 1.54) is 12.1 Å². The molecule has 29 heavy (non-hydrogen) atoms. The van der Waals surface area contributed by atoms with Crippen molar-refractivity contribution in [2.75, 3.05) is 47.8 Å². The van der Waals surface area contributed by atoms with E-state index in [9.17, 15) is 4.39 Å². The van der Waals surface area contributed by atoms with Crippen LogP contribution in [0.3, 0.4) is 0 Å². The number of benzene rings is 2. The standard InChI is InChI=1S/C23H24FN5/c1-2-12-25-21-17-22(27-23(26-21)18-6-4-3-5-7-18)29-15-13-28(14-16-29)20-10-8-19(24)9-11-20/h2-11,17H,1,12-16H2,(H,25,26,27). The summed E-state index contributed by atoms with van der Waals surface area (Å²) in [6.45, 7) is 7.79. The summed E-state index contributed by atoms with van der Waals surface area (Å²) in [5, 5.41) is 3.28. The molecular formula is C23H24FN5. The Morgan fingerprint density at radius 3 is 2.31 bits per heavy atom. The first-order valence-electron chi connectivity index (χ1n) is 9.77. The summed E-state index contributed by atoms with van der Waals surface area (Å²) in [4.78, 5) is 14.0. The van der Waals surface area contributed by atoms with Crippen LogP contribution in [0.25, 0.3) is 11.4 Å². The molecule has 0 unspecified atom stereocenters. The SMILES string of the molecule is C=CCNc1cc(N2CCN(c3ccc(F)cc3)CC2)nc(-c2ccccc2)n1. The Balaban J connectivity index is 1.54. The van der Waals surface area contributed by atoms with Gasteiger partial charge in [-0.2, -0.15) is 0 Å². The molecule has 0 radical (unpaired) electrons. The maximum Gasteiger partial charge on any atom is 0.163 e. The van der Waals surface area contributed by atoms with Crippen LogP contribution in [-0.4, -0.2) is 42.7 Å². The van der Waals surface area contributed by atoms with E-state index in [1.807, 2.05) is 54.6 Å². The molecule has 1 aliphatic heterocycles. The van der Waals surface area contributed by atoms with E-state index < -0.39 is 0 Å². The monoisotopic (exact) mass is 389 g/mol. The minimum Gasteiger partial charge on any atom is -0.368 e. The molecule has 2 aromatic carbocycles. The Bertz CT molecular complexity index is 951. The molecule has 1 aliphatic rings. The molecule has 4 rings (SSSR count). The van der Waals surface area contributed by atoms with Gasteiger partial charge in [0.1, 0.15) is 17.5 Å². The summed E-state index contributed by atoms with van der Waals surface area (Å²) in [7, 11) is 0. The van der Waals surface area contributed by atoms with Crippen molar-refractivity contribution in [3.63, 3.8) is 0 Å². The molecule has 0 amide bonds. The zero-order chi connectivity index (χ0) is 20.1. The lowest BCUT2D eigenvalue weighted by Gasteiger charge is -2.37. The van der Waals surface area contributed by atoms with Gasteiger partial charge in [-0.15, -0.1) is 6.58 Å². The van der Waals surface area contributed by atoms with Gasteiger partial charge < -0.3 is 15.1 Å². The van der Waals surface area contributed by atoms with Gasteiger partial charge in [0.15, 0.2) is 5.82 Å². The van der Waals surface area contributed by atoms with E-state index in [4.69, 9.17) is 4.98 Å². The van der Waals surface area contributed by atoms with Gasteiger partial charge >= 0.3 is 0 Å². The molecule has 6 heteroatoms. The average molecular weight is 389 g/mol. The van der Waals surface area contributed by atoms with E-state index in [1.54, 1.807) is 0 Å². The number of aromatic nitrogens is 2. The first-order valence-corrected chi connectivity index (χ1v) is 9.77. The van der Waals surface area contributed by atoms with Gasteiger partial charge in [0, 0.05) is 50.0 Å². The molecule has 0 spiro atoms. The molecule has 5 nitrogen and oxygen atoms in total. The molecule has 3 aromatic rings. The van der Waals surface area contributed by atoms with Gasteiger partial charge in [-0.3, -0.25) is 0 Å². The van der Waals surface area contributed by atoms with Crippen LogP contribution in [0.15, 0.2) is 73.3 Å². The normalized spacial score (nSPS) is 14.0. The Kier molecular flexibility index (Phi) is 5.70. The Morgan fingerprint density at radius 1 is 0.931 bits per heavy atom. The number of nitrogens with zero attached hydrogens (tertiary/aromatic N) is 4. The molecule has 148 valence electrons. The van der Waals surface area contributed by atoms with E-state index in [2.05, 4.69) is 26.7 Å². The molecule has 1 N–H and O–H groups in total. The van der Waals surface area contributed by atoms with E-state index >= 15 is 0 Å². The minimum absolute atomic E-state index is 0.207. The smallest absolute Gasteiger partial charge is 0.163 e. The Morgan fingerprint density at radius 2 is 1.62 bits per heavy atom. The van der Waals surface area contributed by atoms with Crippen LogP contribution < -0.4 is 15.1 Å². The summed E-state index contributed by atoms with van der Waals surface area (Å²) in [6, 6.07) is 18.7. The lowest BCUT2D eigenvalue weighted by Crippen LogP contribution is -2.46. The van der Waals surface area contributed by atoms with Gasteiger partial charge in [-0.05, 0) is 24.3 Å². The number of rotatable bonds is 6. The average Bonchev–Trinajstić information content (AvgIpc) is 2.79. The molecular weight excluding hydrogens is 365 g/mol. The van der Waals surface area contributed by atoms with Crippen molar-refractivity contribution < 1.29 is 4.39 Å². The second-order valence-corrected chi connectivity index (χ2v) is 6.92. The third-order valence-corrected chi connectivity index (χ3v) is 4.97. The van der Waals surface area contributed by atoms with Crippen LogP contribution in [0.1, 0.15) is 0 Å². The summed E-state index contributed by atoms with van der Waals surface area (Å²) in [5.41, 5.74) is 2.04. The molecule has 1 aromatic heterocycles. The maximum atomic E-state index is 13.2. The quantitative estimate of drug-likeness (QED) is 0.640. The van der Waals surface area contributed by atoms with Gasteiger partial charge in [0.2, 0.25) is 0 Å². The van der Waals surface area contributed by atoms with Crippen LogP contribution in [-0.2, 0) is 0 Å². The van der Waals surface area contributed by atoms with Crippen LogP contribution >= 0.6 is 0 Å². The van der Waals surface area contributed by atoms with Crippen LogP contribution in [0.2, 0.25) is 0 Å². The summed E-state index contributed by atoms with van der Waals surface area (Å²) >= 11 is 0. The number of anilines is 3. The summed E-state index contributed by atoms with van der Waals surface area (Å²) < 4.78 is 13.2. The topological polar surface area (TPSA) is 44.3 Å². The van der Waals surface area contributed by atoms with Gasteiger partial charge in [0.05, 0.1) is 0 Å². The number of hydrogen-bond acceptors (Lipinski definition) is 5. The van der Waals surface area contributed by atoms with Crippen molar-refractivity contribution in [1.29, 1.82) is 0 Å². The predicted octanol–water partition coefficient (Wildman–Crippen LogP) is 4.21. The second-order valence-electron chi connectivity index (χ2n) is 6.92. The molecule has 0 atom stereocenters. The molecule has 0 saturated carbocycles. The van der Waals surface area contributed by atoms with E-state index in [0.717, 1.165) is 49.1 Å². The minimum atomic E-state index is -0.207. The predicted molar refractivity (Wildman–Crippen MR) is 117 cm³/mol. The molecule has 0 bridgehead atoms. The third kappa shape index (κ3) is 4.54. The van der Waals surface area contributed by atoms with Crippen molar-refractivity contribution in [1.82, 2.24) is 9.97 Å². The lowest BCUT2D eigenvalue weighted by atomic mass is 10.2. The largest absolute Gasteiger partial charge is 0.368 e. The van der Waals surface area contributed by atoms with Crippen LogP contribution in [0.4, 0.5) is 21.7 Å². The Hall–Kier alpha value is -3.41. The van der Waals surface area contributed by atoms with Gasteiger partial charge in [0.25, 0.3) is 0 Å². The third-order valence-electron chi connectivity index (χ3n) is 4.97. The molecule has 1 fully saturated rings. The molecule has 2 heterocycles. The highest BCUT2D eigenvalue weighted by Crippen LogP contribution is 2.24. The van der Waals surface area contributed by atoms with Crippen LogP contribution in [0, 0.1) is 5.82 Å². The zero-order valence-electron chi connectivity index (χ0n) is 16.3. The van der Waals surface area contributed by atoms with Crippen molar-refractivity contribution >= 4 is 17.3 Å². The summed E-state index contributed by atoms with van der Waals surface area (Å²) in [6.07, 6.45) is 1.81. The fraction of sp³-hybridized carbons (Fsp3) is 0.217. The number of piperazine rings is 1. The van der Waals surface area contributed by atoms with Crippen LogP contribution in [0.5, 0.6) is 0 Å². The lowest BCUT2D eigenvalue weighted by molar-refractivity contribution is 0.624. The highest BCUT2D eigenvalue weighted by molar-refractivity contribution is 5.62. The van der Waals surface area contributed by atoms with Gasteiger partial charge in [-0.1, -0.05) is 36.4 Å². The number of hydrogen-bond donors (Lipinski definition) is 1. The van der Waals surface area contributed by atoms with E-state index in [-0.39, 0.29) is 5.82 Å². The zero-order valence-corrected chi connectivity index (χ0v) is 16.3. The summed E-state index contributed by atoms with van der Waals surface area (Å²) in [5.74, 6) is 2.19. The first kappa shape index (κ1) is 18.9. The van der Waals surface area contributed by atoms with Crippen molar-refractivity contribution in [3.05, 3.63) is 79.1 Å². The van der Waals surface area contributed by atoms with Gasteiger partial charge in [-0.25, -0.2) is 14.4 Å². The van der Waals surface area contributed by atoms with Crippen molar-refractivity contribution in [3.8, 4) is 11.4 Å². The molecule has 1 saturated heterocycles. The first-order chi connectivity index (χ1) is 14.2. The fourth-order valence-electron chi connectivity index (χ4n) is 3.43. The second kappa shape index (κ2) is 8.73. The van der Waals surface area contributed by atoms with E-state index in [0.29, 0.717) is 12.4 Å². The Labute approximate surface area is 170 Å². The fourth-order valence-corrected chi connectivity index (χ4v) is 3.43. The number of nitrogens with one attached hydrogen (secondary N) is 1. The van der Waals surface area contributed by atoms with Crippen molar-refractivity contribution in [2.24, 2.45) is 0 Å².